The highest BCUT2D eigenvalue weighted by Gasteiger charge is 2.22. The molecule has 1 radical (unpaired) electrons. The van der Waals surface area contributed by atoms with Gasteiger partial charge in [-0.05, 0) is 0 Å². The molecule has 0 amide bonds. The van der Waals surface area contributed by atoms with Crippen LogP contribution in [-0.2, 0) is 9.13 Å². The van der Waals surface area contributed by atoms with Gasteiger partial charge in [0.1, 0.15) is 7.80 Å². The molecule has 157 valence electrons. The van der Waals surface area contributed by atoms with Gasteiger partial charge in [0.15, 0.2) is 11.6 Å². The van der Waals surface area contributed by atoms with Crippen molar-refractivity contribution in [2.45, 2.75) is 0 Å². The summed E-state index contributed by atoms with van der Waals surface area (Å²) in [5, 5.41) is 0.925. The smallest absolute Gasteiger partial charge is 0.261 e. The van der Waals surface area contributed by atoms with Crippen LogP contribution < -0.4 is 10.6 Å². The number of rotatable bonds is 6. The second-order valence-corrected chi connectivity index (χ2v) is 8.55. The third-order valence-corrected chi connectivity index (χ3v) is 6.76. The largest absolute Gasteiger partial charge is 0.317 e. The quantitative estimate of drug-likeness (QED) is 0.287. The summed E-state index contributed by atoms with van der Waals surface area (Å²) in [7, 11) is -0.321. The monoisotopic (exact) mass is 457 g/mol. The molecule has 4 aromatic carbocycles. The highest BCUT2D eigenvalue weighted by atomic mass is 31.1. The Balaban J connectivity index is 0.00000141. The van der Waals surface area contributed by atoms with Gasteiger partial charge < -0.3 is 4.57 Å². The first kappa shape index (κ1) is 23.2. The van der Waals surface area contributed by atoms with E-state index in [4.69, 9.17) is 4.57 Å². The van der Waals surface area contributed by atoms with E-state index in [-0.39, 0.29) is 11.6 Å². The Labute approximate surface area is 189 Å². The van der Waals surface area contributed by atoms with Crippen molar-refractivity contribution in [3.63, 3.8) is 0 Å². The highest BCUT2D eigenvalue weighted by molar-refractivity contribution is 7.61. The molecule has 4 aromatic rings. The lowest BCUT2D eigenvalue weighted by Gasteiger charge is -2.12. The minimum absolute atomic E-state index is 0.184. The second-order valence-electron chi connectivity index (χ2n) is 6.81. The minimum atomic E-state index is -2.60. The summed E-state index contributed by atoms with van der Waals surface area (Å²) in [5.74, 6) is -0.368. The zero-order valence-corrected chi connectivity index (χ0v) is 18.9. The Hall–Kier alpha value is -3.45. The predicted molar refractivity (Wildman–Crippen MR) is 129 cm³/mol. The zero-order chi connectivity index (χ0) is 22.9. The molecule has 0 fully saturated rings. The maximum Gasteiger partial charge on any atom is 0.261 e. The molecule has 0 N–H and O–H groups in total. The maximum absolute atomic E-state index is 13.6. The van der Waals surface area contributed by atoms with Gasteiger partial charge in [-0.2, -0.15) is 0 Å². The SMILES string of the molecule is O=C(c1ccccc1)c1ccccc1[PH](=O)c1ccccc1C(=O)c1ccccc1.O=[P]. The molecule has 0 spiro atoms. The number of carbonyl (C=O) groups excluding carboxylic acids is 2. The molecule has 0 aromatic heterocycles. The fourth-order valence-electron chi connectivity index (χ4n) is 3.39. The molecular formula is C26H19O4P2. The van der Waals surface area contributed by atoms with Crippen LogP contribution in [0.1, 0.15) is 31.8 Å². The van der Waals surface area contributed by atoms with E-state index in [2.05, 4.69) is 9.12 Å². The molecule has 4 rings (SSSR count). The average molecular weight is 457 g/mol. The molecule has 32 heavy (non-hydrogen) atoms. The topological polar surface area (TPSA) is 68.3 Å². The van der Waals surface area contributed by atoms with Gasteiger partial charge in [-0.3, -0.25) is 14.2 Å². The first-order valence-corrected chi connectivity index (χ1v) is 11.5. The van der Waals surface area contributed by atoms with Crippen molar-refractivity contribution in [3.05, 3.63) is 131 Å². The van der Waals surface area contributed by atoms with Crippen molar-refractivity contribution in [1.29, 1.82) is 0 Å². The van der Waals surface area contributed by atoms with Crippen LogP contribution in [0.15, 0.2) is 109 Å². The summed E-state index contributed by atoms with van der Waals surface area (Å²) in [6.45, 7) is 0. The molecule has 0 bridgehead atoms. The Morgan fingerprint density at radius 1 is 0.500 bits per heavy atom. The van der Waals surface area contributed by atoms with Gasteiger partial charge in [0.05, 0.1) is 0 Å². The van der Waals surface area contributed by atoms with Crippen molar-refractivity contribution in [2.75, 3.05) is 0 Å². The first-order valence-electron chi connectivity index (χ1n) is 9.77. The van der Waals surface area contributed by atoms with E-state index in [9.17, 15) is 14.2 Å². The molecule has 4 nitrogen and oxygen atoms in total. The fraction of sp³-hybridized carbons (Fsp3) is 0. The van der Waals surface area contributed by atoms with Crippen molar-refractivity contribution in [3.8, 4) is 0 Å². The van der Waals surface area contributed by atoms with Crippen LogP contribution in [0.2, 0.25) is 0 Å². The third-order valence-electron chi connectivity index (χ3n) is 4.90. The van der Waals surface area contributed by atoms with Crippen LogP contribution in [0.3, 0.4) is 0 Å². The number of ketones is 2. The van der Waals surface area contributed by atoms with Gasteiger partial charge in [0, 0.05) is 32.9 Å². The lowest BCUT2D eigenvalue weighted by atomic mass is 10.0. The van der Waals surface area contributed by atoms with Crippen LogP contribution in [0.4, 0.5) is 0 Å². The first-order chi connectivity index (χ1) is 15.7. The standard InChI is InChI=1S/C26H19O3P.OP/c27-25(19-11-3-1-4-12-19)21-15-7-9-17-23(21)30(29)24-18-10-8-16-22(24)26(28)20-13-5-2-6-14-20;1-2/h1-18,30H;. The van der Waals surface area contributed by atoms with E-state index in [1.165, 1.54) is 0 Å². The zero-order valence-electron chi connectivity index (χ0n) is 17.0. The molecule has 0 aliphatic carbocycles. The number of benzene rings is 4. The molecule has 0 heterocycles. The molecule has 6 heteroatoms. The molecule has 0 unspecified atom stereocenters. The van der Waals surface area contributed by atoms with Crippen molar-refractivity contribution < 1.29 is 18.7 Å². The van der Waals surface area contributed by atoms with E-state index in [1.54, 1.807) is 97.1 Å². The number of hydrogen-bond acceptors (Lipinski definition) is 4. The summed E-state index contributed by atoms with van der Waals surface area (Å²) < 4.78 is 21.6. The predicted octanol–water partition coefficient (Wildman–Crippen LogP) is 5.40. The Kier molecular flexibility index (Phi) is 8.16. The molecule has 0 atom stereocenters. The van der Waals surface area contributed by atoms with Crippen molar-refractivity contribution in [1.82, 2.24) is 0 Å². The van der Waals surface area contributed by atoms with E-state index in [1.807, 2.05) is 12.1 Å². The molecule has 0 aliphatic heterocycles. The van der Waals surface area contributed by atoms with Crippen molar-refractivity contribution in [2.24, 2.45) is 0 Å². The lowest BCUT2D eigenvalue weighted by molar-refractivity contribution is 0.103. The van der Waals surface area contributed by atoms with Crippen LogP contribution in [0.25, 0.3) is 0 Å². The normalized spacial score (nSPS) is 10.2. The van der Waals surface area contributed by atoms with Gasteiger partial charge in [0.25, 0.3) is 9.12 Å². The van der Waals surface area contributed by atoms with Crippen LogP contribution in [-0.4, -0.2) is 11.6 Å². The molecule has 0 saturated carbocycles. The summed E-state index contributed by atoms with van der Waals surface area (Å²) in [6, 6.07) is 31.7. The minimum Gasteiger partial charge on any atom is -0.317 e. The van der Waals surface area contributed by atoms with E-state index >= 15 is 0 Å². The van der Waals surface area contributed by atoms with E-state index in [0.29, 0.717) is 32.9 Å². The van der Waals surface area contributed by atoms with E-state index < -0.39 is 7.80 Å². The number of hydrogen-bond donors (Lipinski definition) is 0. The second kappa shape index (κ2) is 11.2. The average Bonchev–Trinajstić information content (AvgIpc) is 2.89. The van der Waals surface area contributed by atoms with Gasteiger partial charge in [-0.25, -0.2) is 0 Å². The fourth-order valence-corrected chi connectivity index (χ4v) is 5.06. The Bertz CT molecular complexity index is 1160. The molecular weight excluding hydrogens is 438 g/mol. The number of carbonyl (C=O) groups is 2. The Morgan fingerprint density at radius 2 is 0.812 bits per heavy atom. The van der Waals surface area contributed by atoms with Gasteiger partial charge in [-0.1, -0.05) is 109 Å². The van der Waals surface area contributed by atoms with Crippen LogP contribution in [0, 0.1) is 0 Å². The van der Waals surface area contributed by atoms with Crippen LogP contribution in [0.5, 0.6) is 0 Å². The highest BCUT2D eigenvalue weighted by Crippen LogP contribution is 2.26. The summed E-state index contributed by atoms with van der Waals surface area (Å²) in [5.41, 5.74) is 1.87. The molecule has 0 saturated heterocycles. The summed E-state index contributed by atoms with van der Waals surface area (Å²) in [4.78, 5) is 26.1. The molecule has 0 aliphatic rings. The summed E-state index contributed by atoms with van der Waals surface area (Å²) in [6.07, 6.45) is 0. The summed E-state index contributed by atoms with van der Waals surface area (Å²) >= 11 is 0. The van der Waals surface area contributed by atoms with Gasteiger partial charge in [0.2, 0.25) is 0 Å². The van der Waals surface area contributed by atoms with Crippen molar-refractivity contribution >= 4 is 39.1 Å². The third kappa shape index (κ3) is 5.06. The maximum atomic E-state index is 13.6. The van der Waals surface area contributed by atoms with E-state index in [0.717, 1.165) is 0 Å². The van der Waals surface area contributed by atoms with Gasteiger partial charge >= 0.3 is 0 Å². The van der Waals surface area contributed by atoms with Gasteiger partial charge in [-0.15, -0.1) is 0 Å². The lowest BCUT2D eigenvalue weighted by Crippen LogP contribution is -2.20. The Morgan fingerprint density at radius 3 is 1.19 bits per heavy atom. The van der Waals surface area contributed by atoms with Crippen LogP contribution >= 0.6 is 16.9 Å².